The maximum atomic E-state index is 10.7. The van der Waals surface area contributed by atoms with Gasteiger partial charge in [-0.3, -0.25) is 9.59 Å². The second-order valence-corrected chi connectivity index (χ2v) is 2.22. The van der Waals surface area contributed by atoms with E-state index in [1.807, 2.05) is 0 Å². The number of carbonyl (C=O) groups excluding carboxylic acids is 1. The Bertz CT molecular complexity index is 346. The molecule has 1 heterocycles. The highest BCUT2D eigenvalue weighted by molar-refractivity contribution is 6.58. The number of aldehydes is 1. The lowest BCUT2D eigenvalue weighted by Gasteiger charge is -1.97. The molecule has 0 fully saturated rings. The van der Waals surface area contributed by atoms with Crippen LogP contribution in [0.25, 0.3) is 0 Å². The average molecular weight is 167 g/mol. The molecular weight excluding hydrogens is 161 g/mol. The standard InChI is InChI=1S/C6H6BNO4/c9-3-5-1-4(7(11)12)2-6(10)8-5/h1-3,11-12H,(H,8,10). The van der Waals surface area contributed by atoms with Crippen LogP contribution in [-0.4, -0.2) is 28.4 Å². The van der Waals surface area contributed by atoms with Crippen LogP contribution in [0.2, 0.25) is 0 Å². The molecule has 0 atom stereocenters. The summed E-state index contributed by atoms with van der Waals surface area (Å²) in [6.07, 6.45) is 0.424. The number of carbonyl (C=O) groups is 1. The molecule has 0 aromatic carbocycles. The summed E-state index contributed by atoms with van der Waals surface area (Å²) in [4.78, 5) is 23.1. The molecular formula is C6H6BNO4. The Balaban J connectivity index is 3.24. The van der Waals surface area contributed by atoms with Crippen molar-refractivity contribution in [1.82, 2.24) is 4.98 Å². The van der Waals surface area contributed by atoms with Crippen LogP contribution in [0.3, 0.4) is 0 Å². The highest BCUT2D eigenvalue weighted by Crippen LogP contribution is 1.82. The number of H-pyrrole nitrogens is 1. The molecule has 0 spiro atoms. The van der Waals surface area contributed by atoms with Crippen molar-refractivity contribution in [1.29, 1.82) is 0 Å². The summed E-state index contributed by atoms with van der Waals surface area (Å²) >= 11 is 0. The van der Waals surface area contributed by atoms with Gasteiger partial charge in [-0.05, 0) is 11.5 Å². The zero-order valence-corrected chi connectivity index (χ0v) is 6.02. The van der Waals surface area contributed by atoms with Crippen LogP contribution in [-0.2, 0) is 0 Å². The van der Waals surface area contributed by atoms with Gasteiger partial charge in [0.1, 0.15) is 0 Å². The van der Waals surface area contributed by atoms with Crippen LogP contribution >= 0.6 is 0 Å². The van der Waals surface area contributed by atoms with E-state index in [9.17, 15) is 9.59 Å². The SMILES string of the molecule is O=Cc1cc(B(O)O)cc(=O)[nH]1. The summed E-state index contributed by atoms with van der Waals surface area (Å²) in [5.41, 5.74) is -0.519. The van der Waals surface area contributed by atoms with E-state index in [1.165, 1.54) is 6.07 Å². The molecule has 0 aliphatic rings. The van der Waals surface area contributed by atoms with Crippen LogP contribution in [0.15, 0.2) is 16.9 Å². The lowest BCUT2D eigenvalue weighted by Crippen LogP contribution is -2.33. The summed E-state index contributed by atoms with van der Waals surface area (Å²) in [7, 11) is -1.73. The van der Waals surface area contributed by atoms with Crippen molar-refractivity contribution < 1.29 is 14.8 Å². The number of nitrogens with one attached hydrogen (secondary N) is 1. The molecule has 0 aliphatic carbocycles. The van der Waals surface area contributed by atoms with E-state index in [2.05, 4.69) is 4.98 Å². The van der Waals surface area contributed by atoms with Gasteiger partial charge in [-0.1, -0.05) is 0 Å². The molecule has 1 aromatic rings. The third-order valence-electron chi connectivity index (χ3n) is 1.31. The minimum atomic E-state index is -1.73. The summed E-state index contributed by atoms with van der Waals surface area (Å²) in [5, 5.41) is 17.3. The van der Waals surface area contributed by atoms with Gasteiger partial charge in [0.2, 0.25) is 5.56 Å². The number of hydrogen-bond acceptors (Lipinski definition) is 4. The summed E-state index contributed by atoms with van der Waals surface area (Å²) in [5.74, 6) is 0. The van der Waals surface area contributed by atoms with E-state index in [-0.39, 0.29) is 11.2 Å². The maximum Gasteiger partial charge on any atom is 0.488 e. The second kappa shape index (κ2) is 3.33. The Labute approximate surface area is 67.8 Å². The van der Waals surface area contributed by atoms with Gasteiger partial charge < -0.3 is 15.0 Å². The number of aromatic nitrogens is 1. The van der Waals surface area contributed by atoms with Crippen molar-refractivity contribution in [2.45, 2.75) is 0 Å². The Morgan fingerprint density at radius 1 is 1.42 bits per heavy atom. The third-order valence-corrected chi connectivity index (χ3v) is 1.31. The molecule has 62 valence electrons. The topological polar surface area (TPSA) is 90.4 Å². The molecule has 0 aliphatic heterocycles. The van der Waals surface area contributed by atoms with E-state index in [0.717, 1.165) is 6.07 Å². The summed E-state index contributed by atoms with van der Waals surface area (Å²) < 4.78 is 0. The molecule has 0 bridgehead atoms. The fraction of sp³-hybridized carbons (Fsp3) is 0. The predicted molar refractivity (Wildman–Crippen MR) is 42.3 cm³/mol. The van der Waals surface area contributed by atoms with Gasteiger partial charge in [0.15, 0.2) is 6.29 Å². The van der Waals surface area contributed by atoms with Gasteiger partial charge in [0.05, 0.1) is 5.69 Å². The minimum Gasteiger partial charge on any atom is -0.423 e. The van der Waals surface area contributed by atoms with Crippen LogP contribution in [0, 0.1) is 0 Å². The number of pyridine rings is 1. The second-order valence-electron chi connectivity index (χ2n) is 2.22. The smallest absolute Gasteiger partial charge is 0.423 e. The molecule has 5 nitrogen and oxygen atoms in total. The first kappa shape index (κ1) is 8.70. The third kappa shape index (κ3) is 1.80. The Hall–Kier alpha value is -1.40. The number of hydrogen-bond donors (Lipinski definition) is 3. The molecule has 6 heteroatoms. The molecule has 0 saturated heterocycles. The highest BCUT2D eigenvalue weighted by atomic mass is 16.4. The van der Waals surface area contributed by atoms with Crippen LogP contribution in [0.4, 0.5) is 0 Å². The first-order chi connectivity index (χ1) is 5.63. The van der Waals surface area contributed by atoms with E-state index in [4.69, 9.17) is 10.0 Å². The Morgan fingerprint density at radius 3 is 2.58 bits per heavy atom. The van der Waals surface area contributed by atoms with Crippen molar-refractivity contribution in [3.05, 3.63) is 28.2 Å². The highest BCUT2D eigenvalue weighted by Gasteiger charge is 2.11. The van der Waals surface area contributed by atoms with Crippen molar-refractivity contribution in [3.8, 4) is 0 Å². The molecule has 1 rings (SSSR count). The molecule has 1 aromatic heterocycles. The van der Waals surface area contributed by atoms with Gasteiger partial charge in [0.25, 0.3) is 0 Å². The summed E-state index contributed by atoms with van der Waals surface area (Å²) in [6, 6.07) is 2.21. The van der Waals surface area contributed by atoms with E-state index in [0.29, 0.717) is 6.29 Å². The molecule has 0 radical (unpaired) electrons. The van der Waals surface area contributed by atoms with Gasteiger partial charge in [0, 0.05) is 6.07 Å². The lowest BCUT2D eigenvalue weighted by molar-refractivity contribution is 0.111. The Morgan fingerprint density at radius 2 is 2.08 bits per heavy atom. The monoisotopic (exact) mass is 167 g/mol. The molecule has 0 unspecified atom stereocenters. The van der Waals surface area contributed by atoms with Gasteiger partial charge in [-0.25, -0.2) is 0 Å². The normalized spacial score (nSPS) is 9.50. The predicted octanol–water partition coefficient (Wildman–Crippen LogP) is -2.13. The van der Waals surface area contributed by atoms with Gasteiger partial charge in [-0.2, -0.15) is 0 Å². The quantitative estimate of drug-likeness (QED) is 0.346. The van der Waals surface area contributed by atoms with Crippen LogP contribution < -0.4 is 11.0 Å². The Kier molecular flexibility index (Phi) is 2.42. The van der Waals surface area contributed by atoms with Crippen molar-refractivity contribution in [2.24, 2.45) is 0 Å². The molecule has 0 saturated carbocycles. The van der Waals surface area contributed by atoms with Crippen LogP contribution in [0.1, 0.15) is 10.5 Å². The minimum absolute atomic E-state index is 0.000787. The number of aromatic amines is 1. The fourth-order valence-electron chi connectivity index (χ4n) is 0.800. The van der Waals surface area contributed by atoms with Crippen LogP contribution in [0.5, 0.6) is 0 Å². The number of rotatable bonds is 2. The van der Waals surface area contributed by atoms with E-state index in [1.54, 1.807) is 0 Å². The molecule has 3 N–H and O–H groups in total. The van der Waals surface area contributed by atoms with Crippen molar-refractivity contribution in [3.63, 3.8) is 0 Å². The first-order valence-corrected chi connectivity index (χ1v) is 3.19. The van der Waals surface area contributed by atoms with Gasteiger partial charge in [-0.15, -0.1) is 0 Å². The first-order valence-electron chi connectivity index (χ1n) is 3.19. The molecule has 12 heavy (non-hydrogen) atoms. The average Bonchev–Trinajstić information content (AvgIpc) is 2.03. The van der Waals surface area contributed by atoms with Crippen molar-refractivity contribution in [2.75, 3.05) is 0 Å². The van der Waals surface area contributed by atoms with Gasteiger partial charge >= 0.3 is 7.12 Å². The lowest BCUT2D eigenvalue weighted by atomic mass is 9.81. The summed E-state index contributed by atoms with van der Waals surface area (Å²) in [6.45, 7) is 0. The fourth-order valence-corrected chi connectivity index (χ4v) is 0.800. The zero-order valence-electron chi connectivity index (χ0n) is 6.02. The zero-order chi connectivity index (χ0) is 9.14. The van der Waals surface area contributed by atoms with E-state index >= 15 is 0 Å². The maximum absolute atomic E-state index is 10.7. The molecule has 0 amide bonds. The van der Waals surface area contributed by atoms with Crippen molar-refractivity contribution >= 4 is 18.9 Å². The largest absolute Gasteiger partial charge is 0.488 e. The van der Waals surface area contributed by atoms with E-state index < -0.39 is 12.7 Å².